The molecule has 3 fully saturated rings. The summed E-state index contributed by atoms with van der Waals surface area (Å²) in [5.74, 6) is -7.14. The number of aliphatic hydroxyl groups is 1. The van der Waals surface area contributed by atoms with Crippen LogP contribution in [0.15, 0.2) is 72.9 Å². The Kier molecular flexibility index (Phi) is 24.4. The highest BCUT2D eigenvalue weighted by molar-refractivity contribution is 5.98. The fourth-order valence-corrected chi connectivity index (χ4v) is 11.8. The van der Waals surface area contributed by atoms with Crippen LogP contribution in [0.4, 0.5) is 5.82 Å². The van der Waals surface area contributed by atoms with Crippen LogP contribution >= 0.6 is 0 Å². The molecule has 1 aromatic heterocycles. The van der Waals surface area contributed by atoms with Crippen molar-refractivity contribution < 1.29 is 57.8 Å². The fraction of sp³-hybridized carbons (Fsp3) is 0.591. The zero-order valence-electron chi connectivity index (χ0n) is 54.5. The number of pyridine rings is 1. The predicted molar refractivity (Wildman–Crippen MR) is 336 cm³/mol. The van der Waals surface area contributed by atoms with E-state index < -0.39 is 126 Å². The summed E-state index contributed by atoms with van der Waals surface area (Å²) in [6.45, 7) is 18.4. The lowest BCUT2D eigenvalue weighted by molar-refractivity contribution is -0.176. The first-order valence-corrected chi connectivity index (χ1v) is 31.3. The second kappa shape index (κ2) is 31.0. The summed E-state index contributed by atoms with van der Waals surface area (Å²) in [6.07, 6.45) is 1.62. The quantitative estimate of drug-likeness (QED) is 0.179. The van der Waals surface area contributed by atoms with Gasteiger partial charge in [0.2, 0.25) is 47.3 Å². The van der Waals surface area contributed by atoms with Crippen LogP contribution in [0.1, 0.15) is 112 Å². The predicted octanol–water partition coefficient (Wildman–Crippen LogP) is 3.44. The number of carbonyl (C=O) groups excluding carboxylic acids is 10. The van der Waals surface area contributed by atoms with E-state index in [-0.39, 0.29) is 44.1 Å². The number of carbonyl (C=O) groups is 10. The fourth-order valence-electron chi connectivity index (χ4n) is 11.8. The van der Waals surface area contributed by atoms with Gasteiger partial charge in [-0.15, -0.1) is 0 Å². The third-order valence-electron chi connectivity index (χ3n) is 17.8. The third kappa shape index (κ3) is 17.7. The van der Waals surface area contributed by atoms with Gasteiger partial charge in [-0.05, 0) is 87.1 Å². The van der Waals surface area contributed by atoms with E-state index in [9.17, 15) is 43.5 Å². The van der Waals surface area contributed by atoms with Gasteiger partial charge in [0.15, 0.2) is 12.1 Å². The van der Waals surface area contributed by atoms with E-state index in [0.717, 1.165) is 26.7 Å². The van der Waals surface area contributed by atoms with Gasteiger partial charge in [0.25, 0.3) is 5.91 Å². The molecule has 2 aromatic carbocycles. The van der Waals surface area contributed by atoms with Crippen molar-refractivity contribution in [2.24, 2.45) is 17.8 Å². The maximum Gasteiger partial charge on any atom is 0.332 e. The molecule has 10 atom stereocenters. The highest BCUT2D eigenvalue weighted by atomic mass is 16.6. The van der Waals surface area contributed by atoms with Crippen molar-refractivity contribution in [3.8, 4) is 11.1 Å². The van der Waals surface area contributed by atoms with Crippen LogP contribution in [0.2, 0.25) is 0 Å². The summed E-state index contributed by atoms with van der Waals surface area (Å²) in [5, 5.41) is 20.2. The zero-order valence-corrected chi connectivity index (χ0v) is 54.5. The van der Waals surface area contributed by atoms with Crippen LogP contribution in [0.5, 0.6) is 0 Å². The van der Waals surface area contributed by atoms with E-state index in [1.165, 1.54) is 63.7 Å². The van der Waals surface area contributed by atoms with E-state index in [0.29, 0.717) is 56.6 Å². The Balaban J connectivity index is 1.43. The van der Waals surface area contributed by atoms with E-state index in [1.54, 1.807) is 69.1 Å². The van der Waals surface area contributed by atoms with Gasteiger partial charge in [0.1, 0.15) is 42.1 Å². The molecule has 3 saturated heterocycles. The van der Waals surface area contributed by atoms with Crippen molar-refractivity contribution in [1.82, 2.24) is 50.3 Å². The second-order valence-corrected chi connectivity index (χ2v) is 25.4. The lowest BCUT2D eigenvalue weighted by atomic mass is 9.94. The van der Waals surface area contributed by atoms with Crippen molar-refractivity contribution in [3.05, 3.63) is 84.1 Å². The summed E-state index contributed by atoms with van der Waals surface area (Å²) in [6, 6.07) is 11.2. The molecule has 3 aromatic rings. The number of benzene rings is 2. The van der Waals surface area contributed by atoms with Gasteiger partial charge in [0, 0.05) is 98.4 Å². The van der Waals surface area contributed by atoms with Crippen molar-refractivity contribution in [2.75, 3.05) is 72.4 Å². The summed E-state index contributed by atoms with van der Waals surface area (Å²) in [4.78, 5) is 160. The van der Waals surface area contributed by atoms with Gasteiger partial charge in [-0.2, -0.15) is 0 Å². The van der Waals surface area contributed by atoms with Crippen molar-refractivity contribution in [1.29, 1.82) is 0 Å². The lowest BCUT2D eigenvalue weighted by Gasteiger charge is -2.38. The Hall–Kier alpha value is -7.95. The average Bonchev–Trinajstić information content (AvgIpc) is 3.59. The van der Waals surface area contributed by atoms with Crippen LogP contribution in [0, 0.1) is 17.8 Å². The largest absolute Gasteiger partial charge is 0.450 e. The monoisotopic (exact) mass is 1230 g/mol. The Morgan fingerprint density at radius 3 is 1.92 bits per heavy atom. The number of nitrogens with zero attached hydrogens (tertiary/aromatic N) is 8. The number of piperazine rings is 1. The summed E-state index contributed by atoms with van der Waals surface area (Å²) >= 11 is 0. The minimum atomic E-state index is -1.97. The first kappa shape index (κ1) is 70.1. The molecule has 486 valence electrons. The molecule has 0 bridgehead atoms. The molecule has 7 unspecified atom stereocenters. The number of ether oxygens (including phenoxy) is 1. The van der Waals surface area contributed by atoms with Crippen molar-refractivity contribution in [2.45, 2.75) is 168 Å². The van der Waals surface area contributed by atoms with Crippen molar-refractivity contribution >= 4 is 65.0 Å². The van der Waals surface area contributed by atoms with E-state index in [1.807, 2.05) is 57.2 Å². The van der Waals surface area contributed by atoms with Crippen LogP contribution in [0.3, 0.4) is 0 Å². The van der Waals surface area contributed by atoms with E-state index >= 15 is 9.59 Å². The number of esters is 1. The molecular formula is C66H95N11O12. The number of nitrogens with one attached hydrogen (secondary N) is 3. The van der Waals surface area contributed by atoms with Gasteiger partial charge in [-0.1, -0.05) is 103 Å². The molecule has 0 spiro atoms. The Bertz CT molecular complexity index is 3000. The molecule has 89 heavy (non-hydrogen) atoms. The maximum atomic E-state index is 15.6. The minimum absolute atomic E-state index is 0.0279. The normalized spacial score (nSPS) is 24.9. The number of hydrogen-bond acceptors (Lipinski definition) is 14. The standard InChI is InChI=1S/C66H95N11O12/c1-15-41(5)55-63(85)72(12)43(7)58(80)69-49(34-40(3)4)61(83)74(14)57(66(9,10)88)65(87)89-56(42(6)16-2)64(86)71(11)39-54(79)68-50(36-45-22-18-17-19-23-45)60(82)73(13)52(62(84)77-29-21-26-51(77)59(81)70-55)37-46-24-20-25-47(35-46)48-27-28-53(67-38-48)76-32-30-75(31-33-76)44(8)78/h17-20,22-25,27-28,35,38,40-43,49-52,55-57,88H,15-16,21,26,29-34,36-37,39H2,1-14H3,(H,68,79)(H,69,80)(H,70,81)/t41?,42-,43+,49?,50?,51?,52?,55?,56?,57-/m1/s1. The zero-order chi connectivity index (χ0) is 65.8. The number of hydrogen-bond donors (Lipinski definition) is 4. The number of aromatic nitrogens is 1. The number of rotatable bonds is 13. The molecule has 3 aliphatic rings. The van der Waals surface area contributed by atoms with Crippen LogP contribution in [0.25, 0.3) is 11.1 Å². The second-order valence-electron chi connectivity index (χ2n) is 25.4. The number of amides is 9. The molecule has 23 nitrogen and oxygen atoms in total. The van der Waals surface area contributed by atoms with E-state index in [4.69, 9.17) is 9.72 Å². The highest BCUT2D eigenvalue weighted by Crippen LogP contribution is 2.28. The molecule has 3 aliphatic heterocycles. The van der Waals surface area contributed by atoms with Gasteiger partial charge in [-0.25, -0.2) is 9.78 Å². The number of likely N-dealkylation sites (N-methyl/N-ethyl adjacent to an activating group) is 4. The average molecular weight is 1230 g/mol. The molecule has 4 N–H and O–H groups in total. The number of fused-ring (bicyclic) bond motifs is 1. The van der Waals surface area contributed by atoms with Gasteiger partial charge < -0.3 is 60.1 Å². The van der Waals surface area contributed by atoms with Gasteiger partial charge >= 0.3 is 5.97 Å². The summed E-state index contributed by atoms with van der Waals surface area (Å²) < 4.78 is 5.99. The first-order chi connectivity index (χ1) is 42.0. The molecule has 0 radical (unpaired) electrons. The summed E-state index contributed by atoms with van der Waals surface area (Å²) in [7, 11) is 5.52. The lowest BCUT2D eigenvalue weighted by Crippen LogP contribution is -2.62. The molecule has 0 aliphatic carbocycles. The Labute approximate surface area is 524 Å². The number of cyclic esters (lactones) is 1. The maximum absolute atomic E-state index is 15.6. The van der Waals surface area contributed by atoms with Crippen molar-refractivity contribution in [3.63, 3.8) is 0 Å². The first-order valence-electron chi connectivity index (χ1n) is 31.3. The van der Waals surface area contributed by atoms with Gasteiger partial charge in [0.05, 0.1) is 12.1 Å². The molecule has 9 amide bonds. The third-order valence-corrected chi connectivity index (χ3v) is 17.8. The topological polar surface area (TPSA) is 272 Å². The molecule has 6 rings (SSSR count). The SMILES string of the molecule is CCC(C)C1NC(=O)C2CCCN2C(=O)C(Cc2cccc(-c3ccc(N4CCN(C(C)=O)CC4)nc3)c2)N(C)C(=O)C(Cc2ccccc2)NC(=O)CN(C)C(=O)C([C@H](C)CC)OC(=O)[C@H](C(C)(C)O)N(C)C(=O)C(CC(C)C)NC(=O)[C@H](C)N(C)C1=O. The minimum Gasteiger partial charge on any atom is -0.450 e. The Morgan fingerprint density at radius 2 is 1.33 bits per heavy atom. The summed E-state index contributed by atoms with van der Waals surface area (Å²) in [5.41, 5.74) is 0.907. The van der Waals surface area contributed by atoms with E-state index in [2.05, 4.69) is 20.9 Å². The van der Waals surface area contributed by atoms with Gasteiger partial charge in [-0.3, -0.25) is 43.2 Å². The van der Waals surface area contributed by atoms with Crippen LogP contribution < -0.4 is 20.9 Å². The Morgan fingerprint density at radius 1 is 0.685 bits per heavy atom. The smallest absolute Gasteiger partial charge is 0.332 e. The number of anilines is 1. The molecule has 0 saturated carbocycles. The van der Waals surface area contributed by atoms with Crippen LogP contribution in [-0.2, 0) is 65.5 Å². The molecule has 4 heterocycles. The molecule has 23 heteroatoms. The molecular weight excluding hydrogens is 1140 g/mol. The van der Waals surface area contributed by atoms with Crippen LogP contribution in [-0.4, -0.2) is 220 Å². The highest BCUT2D eigenvalue weighted by Gasteiger charge is 2.47.